The maximum absolute atomic E-state index is 10.7. The van der Waals surface area contributed by atoms with Gasteiger partial charge in [0.25, 0.3) is 0 Å². The van der Waals surface area contributed by atoms with E-state index < -0.39 is 0 Å². The van der Waals surface area contributed by atoms with E-state index in [-0.39, 0.29) is 0 Å². The van der Waals surface area contributed by atoms with Crippen LogP contribution in [-0.2, 0) is 11.3 Å². The summed E-state index contributed by atoms with van der Waals surface area (Å²) in [6.07, 6.45) is 0.920. The molecule has 0 bridgehead atoms. The van der Waals surface area contributed by atoms with E-state index in [1.807, 2.05) is 18.2 Å². The van der Waals surface area contributed by atoms with Gasteiger partial charge in [-0.05, 0) is 18.2 Å². The van der Waals surface area contributed by atoms with E-state index in [2.05, 4.69) is 4.90 Å². The number of methoxy groups -OCH3 is 2. The van der Waals surface area contributed by atoms with E-state index in [1.165, 1.54) is 0 Å². The molecular formula is C14H20N2O3. The Morgan fingerprint density at radius 1 is 1.16 bits per heavy atom. The Kier molecular flexibility index (Phi) is 4.63. The summed E-state index contributed by atoms with van der Waals surface area (Å²) in [6, 6.07) is 5.83. The first-order valence-electron chi connectivity index (χ1n) is 6.39. The predicted octanol–water partition coefficient (Wildman–Crippen LogP) is 0.978. The molecule has 0 aliphatic carbocycles. The molecule has 0 radical (unpaired) electrons. The summed E-state index contributed by atoms with van der Waals surface area (Å²) in [4.78, 5) is 14.8. The number of hydrogen-bond acceptors (Lipinski definition) is 4. The lowest BCUT2D eigenvalue weighted by atomic mass is 10.1. The molecule has 1 heterocycles. The largest absolute Gasteiger partial charge is 0.497 e. The van der Waals surface area contributed by atoms with Gasteiger partial charge in [-0.2, -0.15) is 0 Å². The molecule has 0 aromatic heterocycles. The summed E-state index contributed by atoms with van der Waals surface area (Å²) in [5, 5.41) is 0. The number of ether oxygens (including phenoxy) is 2. The fourth-order valence-corrected chi connectivity index (χ4v) is 2.27. The summed E-state index contributed by atoms with van der Waals surface area (Å²) in [5.74, 6) is 1.71. The Bertz CT molecular complexity index is 429. The molecule has 0 N–H and O–H groups in total. The number of nitrogens with zero attached hydrogens (tertiary/aromatic N) is 2. The monoisotopic (exact) mass is 264 g/mol. The molecule has 19 heavy (non-hydrogen) atoms. The van der Waals surface area contributed by atoms with Gasteiger partial charge in [0, 0.05) is 38.3 Å². The molecule has 0 spiro atoms. The molecule has 1 fully saturated rings. The van der Waals surface area contributed by atoms with Crippen LogP contribution in [0.2, 0.25) is 0 Å². The van der Waals surface area contributed by atoms with E-state index >= 15 is 0 Å². The topological polar surface area (TPSA) is 42.0 Å². The van der Waals surface area contributed by atoms with Crippen LogP contribution >= 0.6 is 0 Å². The third-order valence-electron chi connectivity index (χ3n) is 3.44. The zero-order chi connectivity index (χ0) is 13.7. The summed E-state index contributed by atoms with van der Waals surface area (Å²) in [6.45, 7) is 4.16. The summed E-state index contributed by atoms with van der Waals surface area (Å²) in [5.41, 5.74) is 1.11. The quantitative estimate of drug-likeness (QED) is 0.743. The van der Waals surface area contributed by atoms with Crippen LogP contribution in [0.25, 0.3) is 0 Å². The fourth-order valence-electron chi connectivity index (χ4n) is 2.27. The average molecular weight is 264 g/mol. The number of benzene rings is 1. The molecule has 1 aliphatic rings. The Balaban J connectivity index is 2.03. The third kappa shape index (κ3) is 3.38. The van der Waals surface area contributed by atoms with Gasteiger partial charge >= 0.3 is 0 Å². The smallest absolute Gasteiger partial charge is 0.209 e. The molecule has 0 atom stereocenters. The molecule has 1 aromatic rings. The highest BCUT2D eigenvalue weighted by molar-refractivity contribution is 5.47. The second kappa shape index (κ2) is 6.43. The van der Waals surface area contributed by atoms with Crippen LogP contribution in [0.4, 0.5) is 0 Å². The number of amides is 1. The van der Waals surface area contributed by atoms with Gasteiger partial charge in [0.15, 0.2) is 0 Å². The van der Waals surface area contributed by atoms with Gasteiger partial charge in [-0.15, -0.1) is 0 Å². The Morgan fingerprint density at radius 3 is 2.47 bits per heavy atom. The summed E-state index contributed by atoms with van der Waals surface area (Å²) in [7, 11) is 3.34. The van der Waals surface area contributed by atoms with Gasteiger partial charge in [0.1, 0.15) is 11.5 Å². The van der Waals surface area contributed by atoms with E-state index in [4.69, 9.17) is 9.47 Å². The fraction of sp³-hybridized carbons (Fsp3) is 0.500. The standard InChI is InChI=1S/C14H20N2O3/c1-18-13-3-4-14(19-2)12(9-13)10-15-5-7-16(11-17)8-6-15/h3-4,9,11H,5-8,10H2,1-2H3. The highest BCUT2D eigenvalue weighted by Gasteiger charge is 2.17. The highest BCUT2D eigenvalue weighted by atomic mass is 16.5. The normalized spacial score (nSPS) is 16.2. The van der Waals surface area contributed by atoms with E-state index in [0.717, 1.165) is 56.2 Å². The molecule has 104 valence electrons. The number of hydrogen-bond donors (Lipinski definition) is 0. The van der Waals surface area contributed by atoms with E-state index in [0.29, 0.717) is 0 Å². The number of carbonyl (C=O) groups is 1. The van der Waals surface area contributed by atoms with Crippen molar-refractivity contribution in [2.24, 2.45) is 0 Å². The molecule has 1 amide bonds. The van der Waals surface area contributed by atoms with Crippen LogP contribution in [0.3, 0.4) is 0 Å². The lowest BCUT2D eigenvalue weighted by Gasteiger charge is -2.32. The highest BCUT2D eigenvalue weighted by Crippen LogP contribution is 2.25. The van der Waals surface area contributed by atoms with Crippen molar-refractivity contribution in [3.8, 4) is 11.5 Å². The van der Waals surface area contributed by atoms with Crippen molar-refractivity contribution in [3.05, 3.63) is 23.8 Å². The van der Waals surface area contributed by atoms with Crippen LogP contribution in [0.1, 0.15) is 5.56 Å². The van der Waals surface area contributed by atoms with Gasteiger partial charge < -0.3 is 14.4 Å². The maximum atomic E-state index is 10.7. The second-order valence-corrected chi connectivity index (χ2v) is 4.60. The van der Waals surface area contributed by atoms with Crippen LogP contribution in [0.5, 0.6) is 11.5 Å². The first-order chi connectivity index (χ1) is 9.26. The van der Waals surface area contributed by atoms with Gasteiger partial charge in [0.2, 0.25) is 6.41 Å². The second-order valence-electron chi connectivity index (χ2n) is 4.60. The Hall–Kier alpha value is -1.75. The molecule has 0 saturated carbocycles. The Labute approximate surface area is 113 Å². The lowest BCUT2D eigenvalue weighted by molar-refractivity contribution is -0.119. The first-order valence-corrected chi connectivity index (χ1v) is 6.39. The van der Waals surface area contributed by atoms with Crippen LogP contribution < -0.4 is 9.47 Å². The van der Waals surface area contributed by atoms with Crippen molar-refractivity contribution < 1.29 is 14.3 Å². The zero-order valence-electron chi connectivity index (χ0n) is 11.5. The molecular weight excluding hydrogens is 244 g/mol. The lowest BCUT2D eigenvalue weighted by Crippen LogP contribution is -2.45. The van der Waals surface area contributed by atoms with Crippen LogP contribution in [0, 0.1) is 0 Å². The molecule has 5 nitrogen and oxygen atoms in total. The van der Waals surface area contributed by atoms with Crippen LogP contribution in [-0.4, -0.2) is 56.6 Å². The van der Waals surface area contributed by atoms with Gasteiger partial charge in [-0.3, -0.25) is 9.69 Å². The number of carbonyl (C=O) groups excluding carboxylic acids is 1. The zero-order valence-corrected chi connectivity index (χ0v) is 11.5. The molecule has 5 heteroatoms. The van der Waals surface area contributed by atoms with Gasteiger partial charge in [-0.25, -0.2) is 0 Å². The van der Waals surface area contributed by atoms with Crippen molar-refractivity contribution in [1.29, 1.82) is 0 Å². The summed E-state index contributed by atoms with van der Waals surface area (Å²) >= 11 is 0. The molecule has 1 saturated heterocycles. The van der Waals surface area contributed by atoms with Gasteiger partial charge in [-0.1, -0.05) is 0 Å². The molecule has 1 aromatic carbocycles. The van der Waals surface area contributed by atoms with Crippen molar-refractivity contribution in [1.82, 2.24) is 9.80 Å². The maximum Gasteiger partial charge on any atom is 0.209 e. The van der Waals surface area contributed by atoms with Crippen LogP contribution in [0.15, 0.2) is 18.2 Å². The van der Waals surface area contributed by atoms with Gasteiger partial charge in [0.05, 0.1) is 14.2 Å². The Morgan fingerprint density at radius 2 is 1.89 bits per heavy atom. The minimum atomic E-state index is 0.787. The molecule has 1 aliphatic heterocycles. The van der Waals surface area contributed by atoms with E-state index in [9.17, 15) is 4.79 Å². The molecule has 0 unspecified atom stereocenters. The van der Waals surface area contributed by atoms with E-state index in [1.54, 1.807) is 19.1 Å². The third-order valence-corrected chi connectivity index (χ3v) is 3.44. The van der Waals surface area contributed by atoms with Crippen molar-refractivity contribution in [2.75, 3.05) is 40.4 Å². The van der Waals surface area contributed by atoms with Crippen molar-refractivity contribution >= 4 is 6.41 Å². The minimum absolute atomic E-state index is 0.787. The number of rotatable bonds is 5. The molecule has 2 rings (SSSR count). The predicted molar refractivity (Wildman–Crippen MR) is 72.5 cm³/mol. The first kappa shape index (κ1) is 13.7. The minimum Gasteiger partial charge on any atom is -0.497 e. The number of piperazine rings is 1. The SMILES string of the molecule is COc1ccc(OC)c(CN2CCN(C=O)CC2)c1. The van der Waals surface area contributed by atoms with Crippen molar-refractivity contribution in [2.45, 2.75) is 6.54 Å². The average Bonchev–Trinajstić information content (AvgIpc) is 2.48. The summed E-state index contributed by atoms with van der Waals surface area (Å²) < 4.78 is 10.6. The van der Waals surface area contributed by atoms with Crippen molar-refractivity contribution in [3.63, 3.8) is 0 Å².